The predicted molar refractivity (Wildman–Crippen MR) is 125 cm³/mol. The van der Waals surface area contributed by atoms with Crippen molar-refractivity contribution in [1.29, 1.82) is 0 Å². The molecule has 0 saturated heterocycles. The Bertz CT molecular complexity index is 960. The minimum atomic E-state index is 0.773. The number of anilines is 1. The first kappa shape index (κ1) is 20.0. The van der Waals surface area contributed by atoms with E-state index in [0.717, 1.165) is 42.6 Å². The Morgan fingerprint density at radius 2 is 1.86 bits per heavy atom. The van der Waals surface area contributed by atoms with E-state index in [0.29, 0.717) is 0 Å². The van der Waals surface area contributed by atoms with Crippen LogP contribution in [-0.4, -0.2) is 30.4 Å². The second-order valence-corrected chi connectivity index (χ2v) is 8.62. The minimum absolute atomic E-state index is 0.773. The van der Waals surface area contributed by atoms with Crippen molar-refractivity contribution in [3.8, 4) is 0 Å². The highest BCUT2D eigenvalue weighted by Crippen LogP contribution is 2.31. The van der Waals surface area contributed by atoms with Gasteiger partial charge in [-0.2, -0.15) is 0 Å². The molecule has 1 aliphatic rings. The Hall–Kier alpha value is -2.27. The summed E-state index contributed by atoms with van der Waals surface area (Å²) in [6.45, 7) is 3.51. The lowest BCUT2D eigenvalue weighted by Crippen LogP contribution is -2.33. The fourth-order valence-electron chi connectivity index (χ4n) is 3.46. The molecule has 0 radical (unpaired) electrons. The predicted octanol–water partition coefficient (Wildman–Crippen LogP) is 5.52. The summed E-state index contributed by atoms with van der Waals surface area (Å²) in [7, 11) is 0. The SMILES string of the molecule is Clc1ccc2c(c1)N(CCSc1ccccc1)CC(CNCc1ccccn1)=C2. The maximum atomic E-state index is 6.29. The summed E-state index contributed by atoms with van der Waals surface area (Å²) >= 11 is 8.18. The first-order chi connectivity index (χ1) is 14.3. The molecule has 2 heterocycles. The van der Waals surface area contributed by atoms with Crippen molar-refractivity contribution in [3.05, 3.63) is 94.8 Å². The molecular weight excluding hydrogens is 398 g/mol. The van der Waals surface area contributed by atoms with Crippen molar-refractivity contribution < 1.29 is 0 Å². The lowest BCUT2D eigenvalue weighted by Gasteiger charge is -2.32. The number of hydrogen-bond donors (Lipinski definition) is 1. The van der Waals surface area contributed by atoms with E-state index in [2.05, 4.69) is 63.7 Å². The Balaban J connectivity index is 1.40. The summed E-state index contributed by atoms with van der Waals surface area (Å²) in [6.07, 6.45) is 4.13. The molecule has 3 aromatic rings. The fraction of sp³-hybridized carbons (Fsp3) is 0.208. The second-order valence-electron chi connectivity index (χ2n) is 7.01. The van der Waals surface area contributed by atoms with Gasteiger partial charge in [0.25, 0.3) is 0 Å². The molecular formula is C24H24ClN3S. The van der Waals surface area contributed by atoms with Gasteiger partial charge in [0.15, 0.2) is 0 Å². The molecule has 0 bridgehead atoms. The quantitative estimate of drug-likeness (QED) is 0.484. The summed E-state index contributed by atoms with van der Waals surface area (Å²) in [5, 5.41) is 4.31. The summed E-state index contributed by atoms with van der Waals surface area (Å²) in [6, 6.07) is 22.8. The van der Waals surface area contributed by atoms with E-state index in [9.17, 15) is 0 Å². The normalized spacial score (nSPS) is 13.1. The first-order valence-corrected chi connectivity index (χ1v) is 11.2. The number of aromatic nitrogens is 1. The molecule has 0 saturated carbocycles. The molecule has 0 fully saturated rings. The summed E-state index contributed by atoms with van der Waals surface area (Å²) in [4.78, 5) is 8.13. The van der Waals surface area contributed by atoms with Crippen molar-refractivity contribution in [2.45, 2.75) is 11.4 Å². The van der Waals surface area contributed by atoms with Crippen LogP contribution < -0.4 is 10.2 Å². The number of benzene rings is 2. The molecule has 1 aliphatic heterocycles. The van der Waals surface area contributed by atoms with Gasteiger partial charge in [-0.3, -0.25) is 4.98 Å². The topological polar surface area (TPSA) is 28.2 Å². The number of pyridine rings is 1. The minimum Gasteiger partial charge on any atom is -0.366 e. The van der Waals surface area contributed by atoms with Crippen LogP contribution in [0.2, 0.25) is 5.02 Å². The van der Waals surface area contributed by atoms with Crippen molar-refractivity contribution in [2.24, 2.45) is 0 Å². The monoisotopic (exact) mass is 421 g/mol. The summed E-state index contributed by atoms with van der Waals surface area (Å²) in [5.74, 6) is 1.03. The molecule has 0 atom stereocenters. The first-order valence-electron chi connectivity index (χ1n) is 9.80. The maximum absolute atomic E-state index is 6.29. The fourth-order valence-corrected chi connectivity index (χ4v) is 4.52. The molecule has 148 valence electrons. The van der Waals surface area contributed by atoms with Gasteiger partial charge in [0, 0.05) is 53.7 Å². The van der Waals surface area contributed by atoms with Gasteiger partial charge >= 0.3 is 0 Å². The number of fused-ring (bicyclic) bond motifs is 1. The number of nitrogens with zero attached hydrogens (tertiary/aromatic N) is 2. The van der Waals surface area contributed by atoms with Crippen molar-refractivity contribution >= 4 is 35.1 Å². The van der Waals surface area contributed by atoms with Crippen molar-refractivity contribution in [3.63, 3.8) is 0 Å². The largest absolute Gasteiger partial charge is 0.366 e. The van der Waals surface area contributed by atoms with Crippen LogP contribution in [0.1, 0.15) is 11.3 Å². The van der Waals surface area contributed by atoms with Crippen LogP contribution in [0, 0.1) is 0 Å². The van der Waals surface area contributed by atoms with Crippen LogP contribution in [-0.2, 0) is 6.54 Å². The smallest absolute Gasteiger partial charge is 0.0541 e. The lowest BCUT2D eigenvalue weighted by atomic mass is 10.0. The number of nitrogens with one attached hydrogen (secondary N) is 1. The highest BCUT2D eigenvalue weighted by Gasteiger charge is 2.18. The van der Waals surface area contributed by atoms with Gasteiger partial charge in [-0.1, -0.05) is 48.0 Å². The van der Waals surface area contributed by atoms with Gasteiger partial charge in [0.05, 0.1) is 5.69 Å². The Morgan fingerprint density at radius 1 is 1.00 bits per heavy atom. The zero-order valence-corrected chi connectivity index (χ0v) is 17.8. The maximum Gasteiger partial charge on any atom is 0.0541 e. The molecule has 2 aromatic carbocycles. The zero-order valence-electron chi connectivity index (χ0n) is 16.2. The summed E-state index contributed by atoms with van der Waals surface area (Å²) in [5.41, 5.74) is 4.90. The van der Waals surface area contributed by atoms with Gasteiger partial charge in [0.2, 0.25) is 0 Å². The molecule has 1 aromatic heterocycles. The molecule has 0 unspecified atom stereocenters. The van der Waals surface area contributed by atoms with E-state index < -0.39 is 0 Å². The van der Waals surface area contributed by atoms with Crippen LogP contribution in [0.15, 0.2) is 83.4 Å². The third-order valence-corrected chi connectivity index (χ3v) is 6.07. The van der Waals surface area contributed by atoms with Crippen LogP contribution in [0.25, 0.3) is 6.08 Å². The average molecular weight is 422 g/mol. The average Bonchev–Trinajstić information content (AvgIpc) is 2.76. The van der Waals surface area contributed by atoms with Gasteiger partial charge < -0.3 is 10.2 Å². The highest BCUT2D eigenvalue weighted by atomic mass is 35.5. The van der Waals surface area contributed by atoms with Gasteiger partial charge in [0.1, 0.15) is 0 Å². The Labute approximate surface area is 181 Å². The molecule has 0 spiro atoms. The van der Waals surface area contributed by atoms with E-state index in [4.69, 9.17) is 11.6 Å². The Kier molecular flexibility index (Phi) is 6.88. The van der Waals surface area contributed by atoms with Gasteiger partial charge in [-0.05, 0) is 47.5 Å². The number of hydrogen-bond acceptors (Lipinski definition) is 4. The van der Waals surface area contributed by atoms with Gasteiger partial charge in [-0.15, -0.1) is 11.8 Å². The molecule has 29 heavy (non-hydrogen) atoms. The second kappa shape index (κ2) is 9.97. The van der Waals surface area contributed by atoms with Crippen LogP contribution in [0.5, 0.6) is 0 Å². The van der Waals surface area contributed by atoms with E-state index in [1.807, 2.05) is 42.2 Å². The molecule has 0 aliphatic carbocycles. The number of rotatable bonds is 8. The van der Waals surface area contributed by atoms with Crippen molar-refractivity contribution in [2.75, 3.05) is 30.3 Å². The van der Waals surface area contributed by atoms with E-state index >= 15 is 0 Å². The van der Waals surface area contributed by atoms with E-state index in [1.54, 1.807) is 0 Å². The van der Waals surface area contributed by atoms with Crippen LogP contribution in [0.4, 0.5) is 5.69 Å². The molecule has 5 heteroatoms. The molecule has 0 amide bonds. The third-order valence-electron chi connectivity index (χ3n) is 4.84. The van der Waals surface area contributed by atoms with E-state index in [1.165, 1.54) is 21.7 Å². The molecule has 4 rings (SSSR count). The molecule has 1 N–H and O–H groups in total. The Morgan fingerprint density at radius 3 is 2.69 bits per heavy atom. The van der Waals surface area contributed by atoms with Crippen LogP contribution >= 0.6 is 23.4 Å². The van der Waals surface area contributed by atoms with Crippen LogP contribution in [0.3, 0.4) is 0 Å². The van der Waals surface area contributed by atoms with Crippen molar-refractivity contribution in [1.82, 2.24) is 10.3 Å². The third kappa shape index (κ3) is 5.63. The number of thioether (sulfide) groups is 1. The lowest BCUT2D eigenvalue weighted by molar-refractivity contribution is 0.706. The number of halogens is 1. The van der Waals surface area contributed by atoms with E-state index in [-0.39, 0.29) is 0 Å². The summed E-state index contributed by atoms with van der Waals surface area (Å²) < 4.78 is 0. The molecule has 3 nitrogen and oxygen atoms in total. The zero-order chi connectivity index (χ0) is 19.9. The van der Waals surface area contributed by atoms with Gasteiger partial charge in [-0.25, -0.2) is 0 Å². The highest BCUT2D eigenvalue weighted by molar-refractivity contribution is 7.99. The standard InChI is InChI=1S/C24H24ClN3S/c25-21-10-9-20-14-19(16-26-17-22-6-4-5-11-27-22)18-28(24(20)15-21)12-13-29-23-7-2-1-3-8-23/h1-11,14-15,26H,12-13,16-18H2.